The van der Waals surface area contributed by atoms with Gasteiger partial charge in [0.25, 0.3) is 0 Å². The van der Waals surface area contributed by atoms with E-state index in [1.807, 2.05) is 0 Å². The van der Waals surface area contributed by atoms with Crippen molar-refractivity contribution >= 4 is 16.0 Å². The first-order valence-corrected chi connectivity index (χ1v) is 6.17. The predicted octanol–water partition coefficient (Wildman–Crippen LogP) is -0.754. The molecule has 1 fully saturated rings. The van der Waals surface area contributed by atoms with Gasteiger partial charge in [-0.25, -0.2) is 8.42 Å². The Morgan fingerprint density at radius 1 is 1.53 bits per heavy atom. The van der Waals surface area contributed by atoms with Gasteiger partial charge in [-0.15, -0.1) is 0 Å². The van der Waals surface area contributed by atoms with Gasteiger partial charge in [-0.1, -0.05) is 6.92 Å². The van der Waals surface area contributed by atoms with Gasteiger partial charge in [-0.05, 0) is 13.3 Å². The van der Waals surface area contributed by atoms with Crippen molar-refractivity contribution in [1.29, 1.82) is 0 Å². The molecule has 1 aliphatic heterocycles. The van der Waals surface area contributed by atoms with Crippen LogP contribution in [0.5, 0.6) is 0 Å². The summed E-state index contributed by atoms with van der Waals surface area (Å²) in [5.41, 5.74) is -0.981. The van der Waals surface area contributed by atoms with Crippen LogP contribution in [0.3, 0.4) is 0 Å². The number of carboxylic acid groups (broad SMARTS) is 1. The fourth-order valence-corrected chi connectivity index (χ4v) is 2.91. The highest BCUT2D eigenvalue weighted by molar-refractivity contribution is 7.90. The zero-order valence-corrected chi connectivity index (χ0v) is 9.49. The van der Waals surface area contributed by atoms with Crippen LogP contribution in [-0.2, 0) is 14.8 Å². The van der Waals surface area contributed by atoms with Crippen molar-refractivity contribution in [2.75, 3.05) is 13.1 Å². The predicted molar refractivity (Wildman–Crippen MR) is 52.8 cm³/mol. The molecule has 88 valence electrons. The summed E-state index contributed by atoms with van der Waals surface area (Å²) in [5, 5.41) is 16.8. The zero-order valence-electron chi connectivity index (χ0n) is 8.67. The summed E-state index contributed by atoms with van der Waals surface area (Å²) in [7, 11) is -3.81. The molecule has 2 N–H and O–H groups in total. The van der Waals surface area contributed by atoms with E-state index >= 15 is 0 Å². The van der Waals surface area contributed by atoms with Crippen LogP contribution < -0.4 is 0 Å². The number of carboxylic acids is 1. The summed E-state index contributed by atoms with van der Waals surface area (Å²) in [4.78, 5) is 10.6. The third kappa shape index (κ3) is 2.14. The van der Waals surface area contributed by atoms with Gasteiger partial charge in [0.2, 0.25) is 10.0 Å². The van der Waals surface area contributed by atoms with Gasteiger partial charge in [-0.3, -0.25) is 4.79 Å². The van der Waals surface area contributed by atoms with Gasteiger partial charge in [0.05, 0.1) is 5.60 Å². The highest BCUT2D eigenvalue weighted by Gasteiger charge is 2.48. The third-order valence-electron chi connectivity index (χ3n) is 2.75. The quantitative estimate of drug-likeness (QED) is 0.670. The Bertz CT molecular complexity index is 357. The van der Waals surface area contributed by atoms with Crippen LogP contribution in [0.1, 0.15) is 20.3 Å². The molecule has 0 aliphatic carbocycles. The number of carbonyl (C=O) groups is 1. The molecule has 6 nitrogen and oxygen atoms in total. The molecule has 0 radical (unpaired) electrons. The minimum absolute atomic E-state index is 0.0105. The lowest BCUT2D eigenvalue weighted by molar-refractivity contribution is -0.136. The van der Waals surface area contributed by atoms with Crippen LogP contribution >= 0.6 is 0 Å². The van der Waals surface area contributed by atoms with E-state index in [4.69, 9.17) is 5.11 Å². The molecule has 0 bridgehead atoms. The zero-order chi connectivity index (χ0) is 11.9. The molecule has 1 rings (SSSR count). The maximum atomic E-state index is 11.6. The van der Waals surface area contributed by atoms with Gasteiger partial charge in [0.15, 0.2) is 5.25 Å². The van der Waals surface area contributed by atoms with Gasteiger partial charge in [0, 0.05) is 13.1 Å². The standard InChI is InChI=1S/C8H15NO5S/c1-3-8(12)4-9(5-8)15(13,14)6(2)7(10)11/h6,12H,3-5H2,1-2H3,(H,10,11). The van der Waals surface area contributed by atoms with Crippen LogP contribution in [-0.4, -0.2) is 52.8 Å². The van der Waals surface area contributed by atoms with Crippen molar-refractivity contribution in [1.82, 2.24) is 4.31 Å². The Kier molecular flexibility index (Phi) is 3.09. The molecule has 1 unspecified atom stereocenters. The van der Waals surface area contributed by atoms with E-state index < -0.39 is 26.8 Å². The molecular weight excluding hydrogens is 222 g/mol. The van der Waals surface area contributed by atoms with Crippen LogP contribution in [0.4, 0.5) is 0 Å². The highest BCUT2D eigenvalue weighted by Crippen LogP contribution is 2.28. The molecule has 1 aliphatic rings. The summed E-state index contributed by atoms with van der Waals surface area (Å²) >= 11 is 0. The Morgan fingerprint density at radius 2 is 2.00 bits per heavy atom. The fraction of sp³-hybridized carbons (Fsp3) is 0.875. The number of aliphatic carboxylic acids is 1. The Hall–Kier alpha value is -0.660. The largest absolute Gasteiger partial charge is 0.480 e. The second-order valence-corrected chi connectivity index (χ2v) is 6.12. The molecule has 0 spiro atoms. The number of rotatable bonds is 4. The summed E-state index contributed by atoms with van der Waals surface area (Å²) in [6.07, 6.45) is 0.459. The monoisotopic (exact) mass is 237 g/mol. The SMILES string of the molecule is CCC1(O)CN(S(=O)(=O)C(C)C(=O)O)C1. The van der Waals surface area contributed by atoms with Gasteiger partial charge >= 0.3 is 5.97 Å². The number of hydrogen-bond donors (Lipinski definition) is 2. The van der Waals surface area contributed by atoms with E-state index in [-0.39, 0.29) is 13.1 Å². The second-order valence-electron chi connectivity index (χ2n) is 3.87. The normalized spacial score (nSPS) is 23.1. The van der Waals surface area contributed by atoms with Crippen molar-refractivity contribution in [3.63, 3.8) is 0 Å². The molecule has 0 aromatic rings. The van der Waals surface area contributed by atoms with Crippen LogP contribution in [0.15, 0.2) is 0 Å². The van der Waals surface area contributed by atoms with Crippen LogP contribution in [0, 0.1) is 0 Å². The lowest BCUT2D eigenvalue weighted by atomic mass is 9.94. The lowest BCUT2D eigenvalue weighted by Crippen LogP contribution is -2.64. The van der Waals surface area contributed by atoms with E-state index in [9.17, 15) is 18.3 Å². The number of β-amino-alcohol motifs (C(OH)–C–C–N with tert-alkyl or cyclic N) is 1. The van der Waals surface area contributed by atoms with Gasteiger partial charge in [0.1, 0.15) is 0 Å². The summed E-state index contributed by atoms with van der Waals surface area (Å²) in [6, 6.07) is 0. The molecule has 1 heterocycles. The van der Waals surface area contributed by atoms with Crippen molar-refractivity contribution in [3.8, 4) is 0 Å². The molecular formula is C8H15NO5S. The van der Waals surface area contributed by atoms with Crippen molar-refractivity contribution in [3.05, 3.63) is 0 Å². The first-order chi connectivity index (χ1) is 6.73. The fourth-order valence-electron chi connectivity index (χ4n) is 1.36. The second kappa shape index (κ2) is 3.73. The Labute approximate surface area is 88.6 Å². The van der Waals surface area contributed by atoms with E-state index in [1.54, 1.807) is 6.92 Å². The molecule has 7 heteroatoms. The topological polar surface area (TPSA) is 94.9 Å². The van der Waals surface area contributed by atoms with E-state index in [0.717, 1.165) is 11.2 Å². The molecule has 0 aromatic heterocycles. The number of sulfonamides is 1. The average Bonchev–Trinajstić information content (AvgIpc) is 2.11. The van der Waals surface area contributed by atoms with Gasteiger partial charge < -0.3 is 10.2 Å². The average molecular weight is 237 g/mol. The third-order valence-corrected chi connectivity index (χ3v) is 4.83. The summed E-state index contributed by atoms with van der Waals surface area (Å²) in [6.45, 7) is 2.86. The van der Waals surface area contributed by atoms with Crippen molar-refractivity contribution in [2.24, 2.45) is 0 Å². The maximum absolute atomic E-state index is 11.6. The minimum atomic E-state index is -3.81. The maximum Gasteiger partial charge on any atom is 0.323 e. The molecule has 1 atom stereocenters. The molecule has 15 heavy (non-hydrogen) atoms. The highest BCUT2D eigenvalue weighted by atomic mass is 32.2. The first kappa shape index (κ1) is 12.4. The van der Waals surface area contributed by atoms with Crippen LogP contribution in [0.25, 0.3) is 0 Å². The smallest absolute Gasteiger partial charge is 0.323 e. The van der Waals surface area contributed by atoms with Gasteiger partial charge in [-0.2, -0.15) is 4.31 Å². The number of aliphatic hydroxyl groups is 1. The molecule has 0 amide bonds. The van der Waals surface area contributed by atoms with E-state index in [1.165, 1.54) is 0 Å². The lowest BCUT2D eigenvalue weighted by Gasteiger charge is -2.45. The molecule has 1 saturated heterocycles. The Morgan fingerprint density at radius 3 is 2.33 bits per heavy atom. The van der Waals surface area contributed by atoms with Crippen molar-refractivity contribution < 1.29 is 23.4 Å². The minimum Gasteiger partial charge on any atom is -0.480 e. The molecule has 0 aromatic carbocycles. The number of nitrogens with zero attached hydrogens (tertiary/aromatic N) is 1. The molecule has 0 saturated carbocycles. The number of hydrogen-bond acceptors (Lipinski definition) is 4. The first-order valence-electron chi connectivity index (χ1n) is 4.67. The van der Waals surface area contributed by atoms with E-state index in [0.29, 0.717) is 6.42 Å². The van der Waals surface area contributed by atoms with E-state index in [2.05, 4.69) is 0 Å². The van der Waals surface area contributed by atoms with Crippen LogP contribution in [0.2, 0.25) is 0 Å². The Balaban J connectivity index is 2.72. The summed E-state index contributed by atoms with van der Waals surface area (Å²) in [5.74, 6) is -1.37. The summed E-state index contributed by atoms with van der Waals surface area (Å²) < 4.78 is 24.2. The van der Waals surface area contributed by atoms with Crippen molar-refractivity contribution in [2.45, 2.75) is 31.1 Å².